The molecular weight excluding hydrogens is 582 g/mol. The van der Waals surface area contributed by atoms with Crippen molar-refractivity contribution in [3.05, 3.63) is 58.2 Å². The van der Waals surface area contributed by atoms with E-state index >= 15 is 0 Å². The van der Waals surface area contributed by atoms with Crippen LogP contribution in [0.3, 0.4) is 0 Å². The molecule has 7 nitrogen and oxygen atoms in total. The number of amides is 1. The highest BCUT2D eigenvalue weighted by Crippen LogP contribution is 2.50. The highest BCUT2D eigenvalue weighted by molar-refractivity contribution is 9.10. The molecule has 4 atom stereocenters. The largest absolute Gasteiger partial charge is 0.481 e. The number of methoxy groups -OCH3 is 1. The van der Waals surface area contributed by atoms with Crippen LogP contribution in [-0.4, -0.2) is 46.6 Å². The number of halogens is 1. The monoisotopic (exact) mass is 627 g/mol. The Hall–Kier alpha value is -2.45. The van der Waals surface area contributed by atoms with Crippen molar-refractivity contribution >= 4 is 27.8 Å². The fourth-order valence-corrected chi connectivity index (χ4v) is 7.02. The first-order valence-electron chi connectivity index (χ1n) is 14.8. The topological polar surface area (TPSA) is 80.8 Å². The number of rotatable bonds is 7. The number of hydrogen-bond acceptors (Lipinski definition) is 6. The van der Waals surface area contributed by atoms with Crippen molar-refractivity contribution in [3.63, 3.8) is 0 Å². The van der Waals surface area contributed by atoms with E-state index in [2.05, 4.69) is 59.1 Å². The van der Waals surface area contributed by atoms with Crippen LogP contribution in [0.5, 0.6) is 5.88 Å². The highest BCUT2D eigenvalue weighted by Gasteiger charge is 2.59. The van der Waals surface area contributed by atoms with Crippen LogP contribution in [0, 0.1) is 17.3 Å². The number of esters is 1. The van der Waals surface area contributed by atoms with E-state index in [0.29, 0.717) is 12.4 Å². The minimum atomic E-state index is -0.728. The molecule has 224 valence electrons. The van der Waals surface area contributed by atoms with Crippen molar-refractivity contribution in [2.45, 2.75) is 104 Å². The van der Waals surface area contributed by atoms with E-state index < -0.39 is 11.6 Å². The standard InChI is InChI=1S/C33H46BrN3O4/c1-32(2,3)25-26(35-19-23-18-24(34)20-36-29(23)40-7)27(21-14-10-8-11-15-21)37(28(25)31(39)41-33(4,5)6)30(38)22-16-12-9-13-17-22/h8,10-11,14-15,18,20,22,25-28,35H,9,12-13,16-17,19H2,1-7H3/t25-,26-,27-,28-/m0/s1. The third kappa shape index (κ3) is 7.31. The van der Waals surface area contributed by atoms with Gasteiger partial charge in [-0.25, -0.2) is 9.78 Å². The second-order valence-corrected chi connectivity index (χ2v) is 14.5. The Morgan fingerprint density at radius 2 is 1.71 bits per heavy atom. The molecular formula is C33H46BrN3O4. The molecule has 2 heterocycles. The van der Waals surface area contributed by atoms with Crippen molar-refractivity contribution in [2.75, 3.05) is 7.11 Å². The molecule has 8 heteroatoms. The van der Waals surface area contributed by atoms with Crippen LogP contribution in [-0.2, 0) is 20.9 Å². The Kier molecular flexibility index (Phi) is 9.85. The van der Waals surface area contributed by atoms with Gasteiger partial charge in [-0.2, -0.15) is 0 Å². The summed E-state index contributed by atoms with van der Waals surface area (Å²) < 4.78 is 12.5. The number of hydrogen-bond donors (Lipinski definition) is 1. The van der Waals surface area contributed by atoms with Gasteiger partial charge in [-0.3, -0.25) is 4.79 Å². The lowest BCUT2D eigenvalue weighted by atomic mass is 9.72. The fourth-order valence-electron chi connectivity index (χ4n) is 6.64. The molecule has 1 amide bonds. The maximum atomic E-state index is 14.6. The molecule has 2 aliphatic rings. The van der Waals surface area contributed by atoms with Crippen molar-refractivity contribution in [3.8, 4) is 5.88 Å². The molecule has 2 aromatic rings. The van der Waals surface area contributed by atoms with E-state index in [-0.39, 0.29) is 41.2 Å². The van der Waals surface area contributed by atoms with E-state index in [0.717, 1.165) is 47.7 Å². The summed E-state index contributed by atoms with van der Waals surface area (Å²) in [6.07, 6.45) is 6.66. The second-order valence-electron chi connectivity index (χ2n) is 13.5. The van der Waals surface area contributed by atoms with E-state index in [1.165, 1.54) is 0 Å². The third-order valence-corrected chi connectivity index (χ3v) is 8.71. The zero-order valence-corrected chi connectivity index (χ0v) is 27.2. The number of benzene rings is 1. The molecule has 0 radical (unpaired) electrons. The number of pyridine rings is 1. The van der Waals surface area contributed by atoms with Gasteiger partial charge in [-0.05, 0) is 66.6 Å². The van der Waals surface area contributed by atoms with E-state index in [4.69, 9.17) is 9.47 Å². The van der Waals surface area contributed by atoms with Gasteiger partial charge in [-0.15, -0.1) is 0 Å². The third-order valence-electron chi connectivity index (χ3n) is 8.28. The van der Waals surface area contributed by atoms with Gasteiger partial charge in [0.25, 0.3) is 0 Å². The van der Waals surface area contributed by atoms with Crippen molar-refractivity contribution in [1.82, 2.24) is 15.2 Å². The van der Waals surface area contributed by atoms with Gasteiger partial charge in [0.15, 0.2) is 0 Å². The Balaban J connectivity index is 1.86. The first kappa shape index (κ1) is 31.5. The zero-order chi connectivity index (χ0) is 29.9. The van der Waals surface area contributed by atoms with Gasteiger partial charge in [-0.1, -0.05) is 70.4 Å². The molecule has 0 spiro atoms. The van der Waals surface area contributed by atoms with Gasteiger partial charge in [0.1, 0.15) is 11.6 Å². The molecule has 0 unspecified atom stereocenters. The smallest absolute Gasteiger partial charge is 0.329 e. The first-order valence-corrected chi connectivity index (χ1v) is 15.6. The summed E-state index contributed by atoms with van der Waals surface area (Å²) in [6, 6.07) is 10.8. The predicted octanol–water partition coefficient (Wildman–Crippen LogP) is 6.85. The zero-order valence-electron chi connectivity index (χ0n) is 25.6. The van der Waals surface area contributed by atoms with Gasteiger partial charge >= 0.3 is 5.97 Å². The van der Waals surface area contributed by atoms with Gasteiger partial charge < -0.3 is 19.7 Å². The normalized spacial score (nSPS) is 23.9. The maximum Gasteiger partial charge on any atom is 0.329 e. The first-order chi connectivity index (χ1) is 19.3. The molecule has 41 heavy (non-hydrogen) atoms. The summed E-state index contributed by atoms with van der Waals surface area (Å²) in [5.74, 6) is -0.0425. The predicted molar refractivity (Wildman–Crippen MR) is 164 cm³/mol. The number of carbonyl (C=O) groups excluding carboxylic acids is 2. The maximum absolute atomic E-state index is 14.6. The summed E-state index contributed by atoms with van der Waals surface area (Å²) in [4.78, 5) is 35.1. The van der Waals surface area contributed by atoms with Crippen molar-refractivity contribution in [2.24, 2.45) is 17.3 Å². The summed E-state index contributed by atoms with van der Waals surface area (Å²) in [5.41, 5.74) is 0.899. The van der Waals surface area contributed by atoms with Crippen molar-refractivity contribution in [1.29, 1.82) is 0 Å². The summed E-state index contributed by atoms with van der Waals surface area (Å²) in [5, 5.41) is 3.80. The quantitative estimate of drug-likeness (QED) is 0.338. The molecule has 1 aromatic heterocycles. The lowest BCUT2D eigenvalue weighted by Crippen LogP contribution is -2.51. The van der Waals surface area contributed by atoms with E-state index in [1.54, 1.807) is 13.3 Å². The van der Waals surface area contributed by atoms with E-state index in [1.807, 2.05) is 49.9 Å². The van der Waals surface area contributed by atoms with Crippen LogP contribution in [0.25, 0.3) is 0 Å². The Bertz CT molecular complexity index is 1200. The highest BCUT2D eigenvalue weighted by atomic mass is 79.9. The van der Waals surface area contributed by atoms with Crippen LogP contribution in [0.4, 0.5) is 0 Å². The lowest BCUT2D eigenvalue weighted by Gasteiger charge is -2.38. The van der Waals surface area contributed by atoms with Crippen LogP contribution in [0.1, 0.15) is 90.8 Å². The minimum absolute atomic E-state index is 0.0645. The number of aromatic nitrogens is 1. The molecule has 1 saturated carbocycles. The minimum Gasteiger partial charge on any atom is -0.481 e. The Morgan fingerprint density at radius 3 is 2.29 bits per heavy atom. The second kappa shape index (κ2) is 12.8. The molecule has 4 rings (SSSR count). The fraction of sp³-hybridized carbons (Fsp3) is 0.606. The molecule has 1 aliphatic carbocycles. The van der Waals surface area contributed by atoms with E-state index in [9.17, 15) is 9.59 Å². The van der Waals surface area contributed by atoms with Gasteiger partial charge in [0.2, 0.25) is 11.8 Å². The summed E-state index contributed by atoms with van der Waals surface area (Å²) in [7, 11) is 1.61. The van der Waals surface area contributed by atoms with Gasteiger partial charge in [0, 0.05) is 40.7 Å². The Labute approximate surface area is 253 Å². The number of nitrogens with one attached hydrogen (secondary N) is 1. The SMILES string of the molecule is COc1ncc(Br)cc1CN[C@H]1[C@H](C(C)(C)C)[C@@H](C(=O)OC(C)(C)C)N(C(=O)C2CCCCC2)[C@H]1c1ccccc1. The number of ether oxygens (including phenoxy) is 2. The van der Waals surface area contributed by atoms with Crippen LogP contribution in [0.2, 0.25) is 0 Å². The molecule has 1 N–H and O–H groups in total. The van der Waals surface area contributed by atoms with Crippen LogP contribution in [0.15, 0.2) is 47.1 Å². The Morgan fingerprint density at radius 1 is 1.05 bits per heavy atom. The molecule has 1 aliphatic heterocycles. The summed E-state index contributed by atoms with van der Waals surface area (Å²) >= 11 is 3.54. The van der Waals surface area contributed by atoms with Crippen LogP contribution >= 0.6 is 15.9 Å². The van der Waals surface area contributed by atoms with Crippen molar-refractivity contribution < 1.29 is 19.1 Å². The number of likely N-dealkylation sites (tertiary alicyclic amines) is 1. The number of carbonyl (C=O) groups is 2. The molecule has 2 fully saturated rings. The molecule has 1 saturated heterocycles. The number of nitrogens with zero attached hydrogens (tertiary/aromatic N) is 2. The van der Waals surface area contributed by atoms with Gasteiger partial charge in [0.05, 0.1) is 13.2 Å². The molecule has 0 bridgehead atoms. The summed E-state index contributed by atoms with van der Waals surface area (Å²) in [6.45, 7) is 12.6. The molecule has 1 aromatic carbocycles. The average molecular weight is 629 g/mol. The van der Waals surface area contributed by atoms with Crippen LogP contribution < -0.4 is 10.1 Å². The average Bonchev–Trinajstić information content (AvgIpc) is 3.27. The lowest BCUT2D eigenvalue weighted by molar-refractivity contribution is -0.168.